The van der Waals surface area contributed by atoms with Crippen molar-refractivity contribution in [2.24, 2.45) is 0 Å². The van der Waals surface area contributed by atoms with Gasteiger partial charge in [-0.1, -0.05) is 19.8 Å². The summed E-state index contributed by atoms with van der Waals surface area (Å²) in [4.78, 5) is 16.7. The summed E-state index contributed by atoms with van der Waals surface area (Å²) in [5.41, 5.74) is 2.74. The van der Waals surface area contributed by atoms with E-state index in [1.165, 1.54) is 12.8 Å². The van der Waals surface area contributed by atoms with Crippen molar-refractivity contribution in [3.05, 3.63) is 0 Å². The molecule has 0 radical (unpaired) electrons. The molecule has 0 bridgehead atoms. The lowest BCUT2D eigenvalue weighted by atomic mass is 10.2. The van der Waals surface area contributed by atoms with Crippen LogP contribution in [0.15, 0.2) is 0 Å². The van der Waals surface area contributed by atoms with Crippen molar-refractivity contribution in [1.29, 1.82) is 0 Å². The molecule has 1 aliphatic rings. The van der Waals surface area contributed by atoms with Crippen molar-refractivity contribution in [1.82, 2.24) is 10.8 Å². The van der Waals surface area contributed by atoms with Crippen molar-refractivity contribution in [3.8, 4) is 0 Å². The molecule has 4 heteroatoms. The molecule has 0 aliphatic heterocycles. The van der Waals surface area contributed by atoms with Crippen LogP contribution in [0.4, 0.5) is 0 Å². The maximum atomic E-state index is 11.3. The molecule has 88 valence electrons. The largest absolute Gasteiger partial charge is 0.352 e. The summed E-state index contributed by atoms with van der Waals surface area (Å²) < 4.78 is 0. The van der Waals surface area contributed by atoms with Gasteiger partial charge in [-0.15, -0.1) is 0 Å². The van der Waals surface area contributed by atoms with Gasteiger partial charge in [-0.25, -0.2) is 0 Å². The van der Waals surface area contributed by atoms with E-state index in [2.05, 4.69) is 10.8 Å². The summed E-state index contributed by atoms with van der Waals surface area (Å²) in [5, 5.41) is 2.87. The van der Waals surface area contributed by atoms with Gasteiger partial charge in [0, 0.05) is 6.04 Å². The van der Waals surface area contributed by atoms with E-state index in [9.17, 15) is 4.79 Å². The highest BCUT2D eigenvalue weighted by Crippen LogP contribution is 2.19. The number of hydrogen-bond acceptors (Lipinski definition) is 3. The van der Waals surface area contributed by atoms with Crippen molar-refractivity contribution in [2.45, 2.75) is 58.1 Å². The molecule has 0 heterocycles. The molecule has 1 aliphatic carbocycles. The molecular weight excluding hydrogens is 192 g/mol. The van der Waals surface area contributed by atoms with Gasteiger partial charge in [0.15, 0.2) is 0 Å². The van der Waals surface area contributed by atoms with Gasteiger partial charge in [0.1, 0.15) is 0 Å². The number of carbonyl (C=O) groups excluding carboxylic acids is 1. The zero-order chi connectivity index (χ0) is 11.1. The Bertz CT molecular complexity index is 191. The fraction of sp³-hybridized carbons (Fsp3) is 0.909. The molecule has 2 N–H and O–H groups in total. The maximum absolute atomic E-state index is 11.3. The van der Waals surface area contributed by atoms with Crippen LogP contribution in [0.25, 0.3) is 0 Å². The van der Waals surface area contributed by atoms with Crippen LogP contribution in [0.5, 0.6) is 0 Å². The third-order valence-electron chi connectivity index (χ3n) is 2.80. The lowest BCUT2D eigenvalue weighted by molar-refractivity contribution is -0.124. The standard InChI is InChI=1S/C11H22N2O2/c1-3-9(2)13-11(14)8-12-15-10-6-4-5-7-10/h9-10,12H,3-8H2,1-2H3,(H,13,14). The van der Waals surface area contributed by atoms with Crippen LogP contribution in [0.3, 0.4) is 0 Å². The molecule has 0 saturated heterocycles. The van der Waals surface area contributed by atoms with Gasteiger partial charge in [0.05, 0.1) is 12.6 Å². The van der Waals surface area contributed by atoms with E-state index < -0.39 is 0 Å². The molecule has 0 aromatic rings. The van der Waals surface area contributed by atoms with Gasteiger partial charge in [-0.2, -0.15) is 5.48 Å². The summed E-state index contributed by atoms with van der Waals surface area (Å²) in [5.74, 6) is 0.00217. The van der Waals surface area contributed by atoms with Crippen LogP contribution in [0.1, 0.15) is 46.0 Å². The summed E-state index contributed by atoms with van der Waals surface area (Å²) >= 11 is 0. The summed E-state index contributed by atoms with van der Waals surface area (Å²) in [6.07, 6.45) is 5.97. The topological polar surface area (TPSA) is 50.4 Å². The molecule has 1 saturated carbocycles. The van der Waals surface area contributed by atoms with Crippen LogP contribution >= 0.6 is 0 Å². The first kappa shape index (κ1) is 12.5. The average molecular weight is 214 g/mol. The monoisotopic (exact) mass is 214 g/mol. The highest BCUT2D eigenvalue weighted by Gasteiger charge is 2.15. The smallest absolute Gasteiger partial charge is 0.236 e. The van der Waals surface area contributed by atoms with Crippen molar-refractivity contribution in [3.63, 3.8) is 0 Å². The van der Waals surface area contributed by atoms with Gasteiger partial charge < -0.3 is 5.32 Å². The molecule has 0 spiro atoms. The van der Waals surface area contributed by atoms with Gasteiger partial charge in [-0.3, -0.25) is 9.63 Å². The highest BCUT2D eigenvalue weighted by molar-refractivity contribution is 5.78. The summed E-state index contributed by atoms with van der Waals surface area (Å²) in [6, 6.07) is 0.241. The third kappa shape index (κ3) is 5.14. The van der Waals surface area contributed by atoms with E-state index in [1.807, 2.05) is 13.8 Å². The Morgan fingerprint density at radius 2 is 2.13 bits per heavy atom. The Kier molecular flexibility index (Phi) is 5.65. The molecule has 4 nitrogen and oxygen atoms in total. The first-order valence-corrected chi connectivity index (χ1v) is 5.90. The van der Waals surface area contributed by atoms with E-state index in [1.54, 1.807) is 0 Å². The Hall–Kier alpha value is -0.610. The second-order valence-corrected chi connectivity index (χ2v) is 4.22. The minimum atomic E-state index is 0.00217. The van der Waals surface area contributed by atoms with Gasteiger partial charge >= 0.3 is 0 Å². The van der Waals surface area contributed by atoms with E-state index in [0.717, 1.165) is 19.3 Å². The lowest BCUT2D eigenvalue weighted by Gasteiger charge is -2.14. The first-order chi connectivity index (χ1) is 7.22. The summed E-state index contributed by atoms with van der Waals surface area (Å²) in [6.45, 7) is 4.30. The molecule has 1 atom stereocenters. The molecular formula is C11H22N2O2. The fourth-order valence-electron chi connectivity index (χ4n) is 1.66. The molecule has 15 heavy (non-hydrogen) atoms. The predicted octanol–water partition coefficient (Wildman–Crippen LogP) is 1.36. The van der Waals surface area contributed by atoms with Crippen LogP contribution in [0.2, 0.25) is 0 Å². The highest BCUT2D eigenvalue weighted by atomic mass is 16.7. The van der Waals surface area contributed by atoms with E-state index in [-0.39, 0.29) is 18.5 Å². The van der Waals surface area contributed by atoms with E-state index in [4.69, 9.17) is 4.84 Å². The van der Waals surface area contributed by atoms with Crippen LogP contribution in [0, 0.1) is 0 Å². The molecule has 1 rings (SSSR count). The number of rotatable bonds is 6. The van der Waals surface area contributed by atoms with E-state index >= 15 is 0 Å². The molecule has 0 aromatic heterocycles. The molecule has 0 aromatic carbocycles. The quantitative estimate of drug-likeness (QED) is 0.656. The normalized spacial score (nSPS) is 19.1. The lowest BCUT2D eigenvalue weighted by Crippen LogP contribution is -2.39. The Morgan fingerprint density at radius 3 is 2.73 bits per heavy atom. The van der Waals surface area contributed by atoms with Gasteiger partial charge in [0.25, 0.3) is 0 Å². The van der Waals surface area contributed by atoms with Crippen molar-refractivity contribution >= 4 is 5.91 Å². The zero-order valence-electron chi connectivity index (χ0n) is 9.71. The fourth-order valence-corrected chi connectivity index (χ4v) is 1.66. The summed E-state index contributed by atoms with van der Waals surface area (Å²) in [7, 11) is 0. The Morgan fingerprint density at radius 1 is 1.47 bits per heavy atom. The van der Waals surface area contributed by atoms with Crippen molar-refractivity contribution < 1.29 is 9.63 Å². The van der Waals surface area contributed by atoms with Crippen LogP contribution in [-0.4, -0.2) is 24.6 Å². The second kappa shape index (κ2) is 6.80. The number of carbonyl (C=O) groups is 1. The van der Waals surface area contributed by atoms with Gasteiger partial charge in [-0.05, 0) is 26.2 Å². The second-order valence-electron chi connectivity index (χ2n) is 4.22. The third-order valence-corrected chi connectivity index (χ3v) is 2.80. The Labute approximate surface area is 91.7 Å². The predicted molar refractivity (Wildman–Crippen MR) is 59.2 cm³/mol. The van der Waals surface area contributed by atoms with Crippen LogP contribution in [-0.2, 0) is 9.63 Å². The molecule has 1 fully saturated rings. The minimum absolute atomic E-state index is 0.00217. The van der Waals surface area contributed by atoms with Crippen molar-refractivity contribution in [2.75, 3.05) is 6.54 Å². The SMILES string of the molecule is CCC(C)NC(=O)CNOC1CCCC1. The molecule has 1 amide bonds. The number of amides is 1. The van der Waals surface area contributed by atoms with Gasteiger partial charge in [0.2, 0.25) is 5.91 Å². The van der Waals surface area contributed by atoms with Crippen LogP contribution < -0.4 is 10.8 Å². The zero-order valence-corrected chi connectivity index (χ0v) is 9.71. The average Bonchev–Trinajstić information content (AvgIpc) is 2.70. The number of hydrogen-bond donors (Lipinski definition) is 2. The minimum Gasteiger partial charge on any atom is -0.352 e. The number of hydroxylamine groups is 1. The maximum Gasteiger partial charge on any atom is 0.236 e. The Balaban J connectivity index is 2.01. The first-order valence-electron chi connectivity index (χ1n) is 5.90. The van der Waals surface area contributed by atoms with E-state index in [0.29, 0.717) is 6.10 Å². The molecule has 1 unspecified atom stereocenters. The number of nitrogens with one attached hydrogen (secondary N) is 2.